The molecule has 0 bridgehead atoms. The van der Waals surface area contributed by atoms with Crippen LogP contribution in [0.25, 0.3) is 0 Å². The fourth-order valence-corrected chi connectivity index (χ4v) is 1.98. The minimum Gasteiger partial charge on any atom is -0.335 e. The van der Waals surface area contributed by atoms with Crippen molar-refractivity contribution in [1.29, 1.82) is 0 Å². The highest BCUT2D eigenvalue weighted by molar-refractivity contribution is 8.00. The van der Waals surface area contributed by atoms with Gasteiger partial charge in [-0.3, -0.25) is 4.79 Å². The van der Waals surface area contributed by atoms with E-state index >= 15 is 0 Å². The number of hydrogen-bond donors (Lipinski definition) is 2. The molecule has 7 heteroatoms. The highest BCUT2D eigenvalue weighted by Gasteiger charge is 2.40. The zero-order chi connectivity index (χ0) is 10.1. The van der Waals surface area contributed by atoms with Gasteiger partial charge in [-0.25, -0.2) is 0 Å². The molecule has 2 N–H and O–H groups in total. The molecule has 1 saturated heterocycles. The smallest absolute Gasteiger partial charge is 0.335 e. The van der Waals surface area contributed by atoms with Gasteiger partial charge in [0.1, 0.15) is 0 Å². The number of alkyl halides is 3. The first-order chi connectivity index (χ1) is 5.89. The summed E-state index contributed by atoms with van der Waals surface area (Å²) < 4.78 is 35.3. The lowest BCUT2D eigenvalue weighted by atomic mass is 10.5. The zero-order valence-corrected chi connectivity index (χ0v) is 7.63. The van der Waals surface area contributed by atoms with Crippen molar-refractivity contribution in [2.75, 3.05) is 6.54 Å². The first kappa shape index (κ1) is 10.6. The van der Waals surface area contributed by atoms with Crippen LogP contribution < -0.4 is 10.6 Å². The molecule has 0 radical (unpaired) electrons. The highest BCUT2D eigenvalue weighted by atomic mass is 32.2. The predicted molar refractivity (Wildman–Crippen MR) is 43.0 cm³/mol. The number of halogens is 3. The van der Waals surface area contributed by atoms with Crippen LogP contribution in [0.15, 0.2) is 0 Å². The van der Waals surface area contributed by atoms with Gasteiger partial charge in [-0.2, -0.15) is 13.2 Å². The summed E-state index contributed by atoms with van der Waals surface area (Å²) in [6.45, 7) is 2.19. The van der Waals surface area contributed by atoms with Gasteiger partial charge in [-0.1, -0.05) is 0 Å². The average molecular weight is 214 g/mol. The molecule has 0 aromatic carbocycles. The van der Waals surface area contributed by atoms with E-state index in [-0.39, 0.29) is 5.37 Å². The minimum absolute atomic E-state index is 0.0820. The molecular formula is C6H9F3N2OS. The average Bonchev–Trinajstić information content (AvgIpc) is 2.33. The van der Waals surface area contributed by atoms with Gasteiger partial charge < -0.3 is 10.6 Å². The van der Waals surface area contributed by atoms with Gasteiger partial charge in [0.15, 0.2) is 0 Å². The van der Waals surface area contributed by atoms with Crippen LogP contribution in [-0.4, -0.2) is 29.4 Å². The molecule has 0 spiro atoms. The van der Waals surface area contributed by atoms with Crippen LogP contribution in [0.4, 0.5) is 13.2 Å². The van der Waals surface area contributed by atoms with Crippen LogP contribution in [0.3, 0.4) is 0 Å². The number of carbonyl (C=O) groups is 1. The summed E-state index contributed by atoms with van der Waals surface area (Å²) in [6, 6.07) is 0. The van der Waals surface area contributed by atoms with Gasteiger partial charge in [0.05, 0.1) is 10.7 Å². The Balaban J connectivity index is 2.37. The maximum absolute atomic E-state index is 11.8. The number of carbonyl (C=O) groups excluding carboxylic acids is 1. The molecule has 0 unspecified atom stereocenters. The molecular weight excluding hydrogens is 205 g/mol. The Kier molecular flexibility index (Phi) is 3.07. The molecule has 3 nitrogen and oxygen atoms in total. The lowest BCUT2D eigenvalue weighted by Crippen LogP contribution is -2.42. The fourth-order valence-electron chi connectivity index (χ4n) is 0.929. The van der Waals surface area contributed by atoms with Crippen molar-refractivity contribution in [1.82, 2.24) is 10.6 Å². The summed E-state index contributed by atoms with van der Waals surface area (Å²) in [5, 5.41) is 4.39. The largest absolute Gasteiger partial charge is 0.471 e. The standard InChI is InChI=1S/C6H9F3N2OS/c1-3-10-2-4(13-3)11-5(12)6(7,8)9/h3-4,10H,2H2,1H3,(H,11,12)/t3-,4+/m0/s1. The topological polar surface area (TPSA) is 41.1 Å². The molecule has 1 amide bonds. The van der Waals surface area contributed by atoms with Gasteiger partial charge in [0.25, 0.3) is 0 Å². The summed E-state index contributed by atoms with van der Waals surface area (Å²) in [7, 11) is 0. The molecule has 13 heavy (non-hydrogen) atoms. The molecule has 1 aliphatic heterocycles. The van der Waals surface area contributed by atoms with E-state index in [4.69, 9.17) is 0 Å². The molecule has 0 aromatic rings. The minimum atomic E-state index is -4.79. The van der Waals surface area contributed by atoms with Crippen molar-refractivity contribution in [2.45, 2.75) is 23.8 Å². The summed E-state index contributed by atoms with van der Waals surface area (Å²) >= 11 is 1.27. The quantitative estimate of drug-likeness (QED) is 0.674. The summed E-state index contributed by atoms with van der Waals surface area (Å²) in [6.07, 6.45) is -4.79. The zero-order valence-electron chi connectivity index (χ0n) is 6.81. The van der Waals surface area contributed by atoms with E-state index in [1.807, 2.05) is 12.2 Å². The van der Waals surface area contributed by atoms with E-state index < -0.39 is 17.5 Å². The van der Waals surface area contributed by atoms with E-state index in [1.165, 1.54) is 11.8 Å². The molecule has 1 fully saturated rings. The van der Waals surface area contributed by atoms with Gasteiger partial charge >= 0.3 is 12.1 Å². The lowest BCUT2D eigenvalue weighted by molar-refractivity contribution is -0.173. The number of hydrogen-bond acceptors (Lipinski definition) is 3. The molecule has 1 heterocycles. The Bertz CT molecular complexity index is 209. The molecule has 2 atom stereocenters. The highest BCUT2D eigenvalue weighted by Crippen LogP contribution is 2.21. The van der Waals surface area contributed by atoms with Gasteiger partial charge in [-0.05, 0) is 6.92 Å². The van der Waals surface area contributed by atoms with Gasteiger partial charge in [0.2, 0.25) is 0 Å². The molecule has 1 aliphatic rings. The Morgan fingerprint density at radius 1 is 1.62 bits per heavy atom. The van der Waals surface area contributed by atoms with Gasteiger partial charge in [-0.15, -0.1) is 11.8 Å². The van der Waals surface area contributed by atoms with E-state index in [0.717, 1.165) is 0 Å². The van der Waals surface area contributed by atoms with Crippen LogP contribution in [0.5, 0.6) is 0 Å². The molecule has 1 rings (SSSR count). The van der Waals surface area contributed by atoms with E-state index in [0.29, 0.717) is 6.54 Å². The third-order valence-corrected chi connectivity index (χ3v) is 2.70. The van der Waals surface area contributed by atoms with Crippen molar-refractivity contribution >= 4 is 17.7 Å². The van der Waals surface area contributed by atoms with Gasteiger partial charge in [0, 0.05) is 6.54 Å². The van der Waals surface area contributed by atoms with Crippen LogP contribution in [0.2, 0.25) is 0 Å². The maximum Gasteiger partial charge on any atom is 0.471 e. The summed E-state index contributed by atoms with van der Waals surface area (Å²) in [5.41, 5.74) is 0. The van der Waals surface area contributed by atoms with Crippen molar-refractivity contribution in [3.05, 3.63) is 0 Å². The van der Waals surface area contributed by atoms with Crippen molar-refractivity contribution in [2.24, 2.45) is 0 Å². The normalized spacial score (nSPS) is 28.9. The predicted octanol–water partition coefficient (Wildman–Crippen LogP) is 0.673. The monoisotopic (exact) mass is 214 g/mol. The second-order valence-corrected chi connectivity index (χ2v) is 4.19. The van der Waals surface area contributed by atoms with Crippen molar-refractivity contribution in [3.63, 3.8) is 0 Å². The second kappa shape index (κ2) is 3.75. The molecule has 0 aliphatic carbocycles. The lowest BCUT2D eigenvalue weighted by Gasteiger charge is -2.12. The number of nitrogens with one attached hydrogen (secondary N) is 2. The van der Waals surface area contributed by atoms with Crippen LogP contribution in [-0.2, 0) is 4.79 Å². The number of rotatable bonds is 1. The third kappa shape index (κ3) is 3.07. The van der Waals surface area contributed by atoms with Crippen molar-refractivity contribution in [3.8, 4) is 0 Å². The number of thioether (sulfide) groups is 1. The Morgan fingerprint density at radius 2 is 2.23 bits per heavy atom. The third-order valence-electron chi connectivity index (χ3n) is 1.51. The molecule has 0 saturated carbocycles. The Morgan fingerprint density at radius 3 is 2.62 bits per heavy atom. The Labute approximate surface area is 77.4 Å². The first-order valence-electron chi connectivity index (χ1n) is 3.66. The molecule has 0 aromatic heterocycles. The number of amides is 1. The Hall–Kier alpha value is -0.430. The SMILES string of the molecule is C[C@H]1NC[C@H](NC(=O)C(F)(F)F)S1. The van der Waals surface area contributed by atoms with Crippen molar-refractivity contribution < 1.29 is 18.0 Å². The van der Waals surface area contributed by atoms with E-state index in [2.05, 4.69) is 5.32 Å². The van der Waals surface area contributed by atoms with Crippen LogP contribution >= 0.6 is 11.8 Å². The van der Waals surface area contributed by atoms with Crippen LogP contribution in [0.1, 0.15) is 6.92 Å². The molecule has 76 valence electrons. The summed E-state index contributed by atoms with van der Waals surface area (Å²) in [5.74, 6) is -1.87. The van der Waals surface area contributed by atoms with Crippen LogP contribution in [0, 0.1) is 0 Å². The second-order valence-electron chi connectivity index (χ2n) is 2.65. The van der Waals surface area contributed by atoms with E-state index in [9.17, 15) is 18.0 Å². The maximum atomic E-state index is 11.8. The fraction of sp³-hybridized carbons (Fsp3) is 0.833. The first-order valence-corrected chi connectivity index (χ1v) is 4.60. The summed E-state index contributed by atoms with van der Waals surface area (Å²) in [4.78, 5) is 10.5. The van der Waals surface area contributed by atoms with E-state index in [1.54, 1.807) is 0 Å².